The van der Waals surface area contributed by atoms with Crippen LogP contribution in [0, 0.1) is 17.0 Å². The summed E-state index contributed by atoms with van der Waals surface area (Å²) in [6, 6.07) is 6.63. The molecule has 1 aromatic carbocycles. The second-order valence-electron chi connectivity index (χ2n) is 3.83. The van der Waals surface area contributed by atoms with Crippen molar-refractivity contribution in [3.8, 4) is 5.69 Å². The Balaban J connectivity index is 2.62. The van der Waals surface area contributed by atoms with Gasteiger partial charge in [-0.1, -0.05) is 29.3 Å². The first-order valence-corrected chi connectivity index (χ1v) is 5.57. The van der Waals surface area contributed by atoms with Gasteiger partial charge in [-0.05, 0) is 19.1 Å². The van der Waals surface area contributed by atoms with Crippen molar-refractivity contribution in [1.82, 2.24) is 9.78 Å². The van der Waals surface area contributed by atoms with E-state index in [-0.39, 0.29) is 0 Å². The zero-order valence-corrected chi connectivity index (χ0v) is 10.4. The Morgan fingerprint density at radius 3 is 2.37 bits per heavy atom. The molecule has 1 aromatic heterocycles. The molecule has 2 aromatic rings. The van der Waals surface area contributed by atoms with Gasteiger partial charge in [0.2, 0.25) is 10.8 Å². The standard InChI is InChI=1S/C11H8ClF2N3O2/c1-6-2-4-7(5-3-6)16-10(12)9(17(18)19)8(15-16)11(13)14/h2-5,11H,1H3. The summed E-state index contributed by atoms with van der Waals surface area (Å²) in [5.74, 6) is 0. The zero-order valence-electron chi connectivity index (χ0n) is 9.68. The van der Waals surface area contributed by atoms with E-state index in [2.05, 4.69) is 5.10 Å². The van der Waals surface area contributed by atoms with E-state index in [1.807, 2.05) is 6.92 Å². The van der Waals surface area contributed by atoms with E-state index in [1.165, 1.54) is 0 Å². The normalized spacial score (nSPS) is 11.0. The average molecular weight is 288 g/mol. The zero-order chi connectivity index (χ0) is 14.2. The fraction of sp³-hybridized carbons (Fsp3) is 0.182. The predicted molar refractivity (Wildman–Crippen MR) is 64.9 cm³/mol. The van der Waals surface area contributed by atoms with Gasteiger partial charge >= 0.3 is 5.69 Å². The highest BCUT2D eigenvalue weighted by Gasteiger charge is 2.32. The van der Waals surface area contributed by atoms with Gasteiger partial charge in [-0.25, -0.2) is 13.5 Å². The fourth-order valence-electron chi connectivity index (χ4n) is 1.58. The molecule has 5 nitrogen and oxygen atoms in total. The van der Waals surface area contributed by atoms with Crippen LogP contribution < -0.4 is 0 Å². The lowest BCUT2D eigenvalue weighted by atomic mass is 10.2. The van der Waals surface area contributed by atoms with E-state index >= 15 is 0 Å². The number of halogens is 3. The van der Waals surface area contributed by atoms with Crippen molar-refractivity contribution in [2.75, 3.05) is 0 Å². The molecule has 1 heterocycles. The van der Waals surface area contributed by atoms with Crippen LogP contribution in [-0.4, -0.2) is 14.7 Å². The van der Waals surface area contributed by atoms with Crippen LogP contribution in [0.4, 0.5) is 14.5 Å². The minimum absolute atomic E-state index is 0.380. The maximum atomic E-state index is 12.7. The van der Waals surface area contributed by atoms with Gasteiger partial charge in [0, 0.05) is 0 Å². The summed E-state index contributed by atoms with van der Waals surface area (Å²) in [5.41, 5.74) is -0.464. The molecule has 100 valence electrons. The summed E-state index contributed by atoms with van der Waals surface area (Å²) in [6.07, 6.45) is -3.07. The van der Waals surface area contributed by atoms with Crippen molar-refractivity contribution < 1.29 is 13.7 Å². The third kappa shape index (κ3) is 2.41. The van der Waals surface area contributed by atoms with Crippen molar-refractivity contribution in [2.45, 2.75) is 13.3 Å². The van der Waals surface area contributed by atoms with Crippen molar-refractivity contribution in [1.29, 1.82) is 0 Å². The number of alkyl halides is 2. The molecule has 19 heavy (non-hydrogen) atoms. The number of hydrogen-bond acceptors (Lipinski definition) is 3. The molecule has 0 atom stereocenters. The summed E-state index contributed by atoms with van der Waals surface area (Å²) in [4.78, 5) is 9.82. The Kier molecular flexibility index (Phi) is 3.48. The molecule has 0 saturated carbocycles. The van der Waals surface area contributed by atoms with E-state index in [9.17, 15) is 18.9 Å². The Morgan fingerprint density at radius 2 is 1.95 bits per heavy atom. The second kappa shape index (κ2) is 4.93. The van der Waals surface area contributed by atoms with Gasteiger partial charge < -0.3 is 0 Å². The van der Waals surface area contributed by atoms with Gasteiger partial charge in [0.05, 0.1) is 10.6 Å². The number of benzene rings is 1. The molecule has 0 aliphatic rings. The highest BCUT2D eigenvalue weighted by Crippen LogP contribution is 2.35. The van der Waals surface area contributed by atoms with Crippen LogP contribution in [0.2, 0.25) is 5.15 Å². The molecule has 0 fully saturated rings. The van der Waals surface area contributed by atoms with Crippen LogP contribution in [0.5, 0.6) is 0 Å². The van der Waals surface area contributed by atoms with Crippen LogP contribution in [0.3, 0.4) is 0 Å². The molecule has 0 bridgehead atoms. The fourth-order valence-corrected chi connectivity index (χ4v) is 1.88. The molecule has 0 spiro atoms. The van der Waals surface area contributed by atoms with E-state index in [0.717, 1.165) is 10.2 Å². The summed E-state index contributed by atoms with van der Waals surface area (Å²) in [7, 11) is 0. The molecule has 0 saturated heterocycles. The van der Waals surface area contributed by atoms with Crippen LogP contribution in [0.15, 0.2) is 24.3 Å². The van der Waals surface area contributed by atoms with Gasteiger partial charge in [-0.15, -0.1) is 0 Å². The monoisotopic (exact) mass is 287 g/mol. The minimum Gasteiger partial charge on any atom is -0.258 e. The number of aryl methyl sites for hydroxylation is 1. The first-order chi connectivity index (χ1) is 8.91. The molecule has 0 aliphatic heterocycles. The summed E-state index contributed by atoms with van der Waals surface area (Å²) in [5, 5.41) is 13.9. The highest BCUT2D eigenvalue weighted by atomic mass is 35.5. The Labute approximate surface area is 111 Å². The Bertz CT molecular complexity index is 626. The number of nitro groups is 1. The molecular weight excluding hydrogens is 280 g/mol. The van der Waals surface area contributed by atoms with Crippen LogP contribution in [0.1, 0.15) is 17.7 Å². The minimum atomic E-state index is -3.07. The van der Waals surface area contributed by atoms with E-state index in [4.69, 9.17) is 11.6 Å². The van der Waals surface area contributed by atoms with Crippen molar-refractivity contribution in [3.63, 3.8) is 0 Å². The van der Waals surface area contributed by atoms with Crippen molar-refractivity contribution in [2.24, 2.45) is 0 Å². The average Bonchev–Trinajstić information content (AvgIpc) is 2.68. The predicted octanol–water partition coefficient (Wildman–Crippen LogP) is 3.68. The van der Waals surface area contributed by atoms with Crippen molar-refractivity contribution in [3.05, 3.63) is 50.8 Å². The van der Waals surface area contributed by atoms with Gasteiger partial charge in [0.1, 0.15) is 0 Å². The smallest absolute Gasteiger partial charge is 0.258 e. The number of hydrogen-bond donors (Lipinski definition) is 0. The maximum Gasteiger partial charge on any atom is 0.335 e. The third-order valence-corrected chi connectivity index (χ3v) is 2.84. The largest absolute Gasteiger partial charge is 0.335 e. The van der Waals surface area contributed by atoms with Crippen molar-refractivity contribution >= 4 is 17.3 Å². The highest BCUT2D eigenvalue weighted by molar-refractivity contribution is 6.32. The third-order valence-electron chi connectivity index (χ3n) is 2.50. The lowest BCUT2D eigenvalue weighted by Gasteiger charge is -2.02. The van der Waals surface area contributed by atoms with E-state index in [0.29, 0.717) is 5.69 Å². The maximum absolute atomic E-state index is 12.7. The molecule has 0 radical (unpaired) electrons. The topological polar surface area (TPSA) is 61.0 Å². The van der Waals surface area contributed by atoms with Gasteiger partial charge in [0.15, 0.2) is 0 Å². The quantitative estimate of drug-likeness (QED) is 0.639. The van der Waals surface area contributed by atoms with Crippen LogP contribution >= 0.6 is 11.6 Å². The van der Waals surface area contributed by atoms with Crippen LogP contribution in [0.25, 0.3) is 5.69 Å². The molecule has 8 heteroatoms. The Morgan fingerprint density at radius 1 is 1.37 bits per heavy atom. The first-order valence-electron chi connectivity index (χ1n) is 5.20. The number of aromatic nitrogens is 2. The molecule has 2 rings (SSSR count). The summed E-state index contributed by atoms with van der Waals surface area (Å²) >= 11 is 5.77. The lowest BCUT2D eigenvalue weighted by molar-refractivity contribution is -0.386. The molecule has 0 amide bonds. The van der Waals surface area contributed by atoms with Gasteiger partial charge in [0.25, 0.3) is 6.43 Å². The molecule has 0 unspecified atom stereocenters. The molecule has 0 N–H and O–H groups in total. The van der Waals surface area contributed by atoms with E-state index < -0.39 is 27.9 Å². The van der Waals surface area contributed by atoms with E-state index in [1.54, 1.807) is 24.3 Å². The Hall–Kier alpha value is -2.02. The molecule has 0 aliphatic carbocycles. The van der Waals surface area contributed by atoms with Gasteiger partial charge in [-0.2, -0.15) is 5.10 Å². The summed E-state index contributed by atoms with van der Waals surface area (Å²) in [6.45, 7) is 1.85. The SMILES string of the molecule is Cc1ccc(-n2nc(C(F)F)c([N+](=O)[O-])c2Cl)cc1. The van der Waals surface area contributed by atoms with Gasteiger partial charge in [-0.3, -0.25) is 10.1 Å². The van der Waals surface area contributed by atoms with Crippen LogP contribution in [-0.2, 0) is 0 Å². The summed E-state index contributed by atoms with van der Waals surface area (Å²) < 4.78 is 26.4. The molecular formula is C11H8ClF2N3O2. The second-order valence-corrected chi connectivity index (χ2v) is 4.19. The number of rotatable bonds is 3. The first kappa shape index (κ1) is 13.4. The lowest BCUT2D eigenvalue weighted by Crippen LogP contribution is -1.97. The number of nitrogens with zero attached hydrogens (tertiary/aromatic N) is 3.